The maximum atomic E-state index is 3.74. The molecular formula is C17H28N2. The first kappa shape index (κ1) is 14.5. The summed E-state index contributed by atoms with van der Waals surface area (Å²) in [5.74, 6) is 0.813. The maximum Gasteiger partial charge on any atom is 0.0234 e. The van der Waals surface area contributed by atoms with Crippen molar-refractivity contribution in [2.75, 3.05) is 19.6 Å². The Kier molecular flexibility index (Phi) is 5.87. The first-order valence-corrected chi connectivity index (χ1v) is 7.77. The molecule has 0 radical (unpaired) electrons. The third kappa shape index (κ3) is 4.96. The van der Waals surface area contributed by atoms with Gasteiger partial charge in [-0.25, -0.2) is 0 Å². The van der Waals surface area contributed by atoms with Crippen LogP contribution in [0.5, 0.6) is 0 Å². The molecule has 0 aromatic heterocycles. The lowest BCUT2D eigenvalue weighted by Crippen LogP contribution is -2.35. The fourth-order valence-electron chi connectivity index (χ4n) is 2.95. The van der Waals surface area contributed by atoms with Gasteiger partial charge in [0, 0.05) is 25.7 Å². The molecule has 2 atom stereocenters. The Morgan fingerprint density at radius 1 is 1.32 bits per heavy atom. The van der Waals surface area contributed by atoms with E-state index in [4.69, 9.17) is 0 Å². The first-order chi connectivity index (χ1) is 9.28. The second-order valence-electron chi connectivity index (χ2n) is 6.01. The molecule has 1 aromatic carbocycles. The van der Waals surface area contributed by atoms with Gasteiger partial charge in [-0.3, -0.25) is 4.90 Å². The van der Waals surface area contributed by atoms with Crippen molar-refractivity contribution in [3.8, 4) is 0 Å². The van der Waals surface area contributed by atoms with Gasteiger partial charge in [-0.2, -0.15) is 0 Å². The third-order valence-electron chi connectivity index (χ3n) is 4.06. The molecule has 0 aliphatic carbocycles. The number of nitrogens with one attached hydrogen (secondary N) is 1. The molecule has 19 heavy (non-hydrogen) atoms. The van der Waals surface area contributed by atoms with Gasteiger partial charge < -0.3 is 5.32 Å². The summed E-state index contributed by atoms with van der Waals surface area (Å²) < 4.78 is 0. The summed E-state index contributed by atoms with van der Waals surface area (Å²) >= 11 is 0. The molecular weight excluding hydrogens is 232 g/mol. The van der Waals surface area contributed by atoms with Gasteiger partial charge in [-0.1, -0.05) is 50.6 Å². The molecule has 1 N–H and O–H groups in total. The van der Waals surface area contributed by atoms with Crippen LogP contribution in [0.15, 0.2) is 30.3 Å². The van der Waals surface area contributed by atoms with E-state index in [0.717, 1.165) is 12.5 Å². The van der Waals surface area contributed by atoms with Gasteiger partial charge in [0.15, 0.2) is 0 Å². The summed E-state index contributed by atoms with van der Waals surface area (Å²) in [6, 6.07) is 11.5. The number of rotatable bonds is 7. The average molecular weight is 260 g/mol. The number of nitrogens with zero attached hydrogens (tertiary/aromatic N) is 1. The summed E-state index contributed by atoms with van der Waals surface area (Å²) in [5, 5.41) is 3.74. The quantitative estimate of drug-likeness (QED) is 0.809. The highest BCUT2D eigenvalue weighted by Gasteiger charge is 2.22. The van der Waals surface area contributed by atoms with Crippen molar-refractivity contribution in [3.63, 3.8) is 0 Å². The van der Waals surface area contributed by atoms with Crippen LogP contribution in [-0.4, -0.2) is 30.6 Å². The van der Waals surface area contributed by atoms with Crippen molar-refractivity contribution in [3.05, 3.63) is 35.9 Å². The minimum absolute atomic E-state index is 0.697. The van der Waals surface area contributed by atoms with Crippen molar-refractivity contribution in [2.45, 2.75) is 45.7 Å². The fourth-order valence-corrected chi connectivity index (χ4v) is 2.95. The smallest absolute Gasteiger partial charge is 0.0234 e. The normalized spacial score (nSPS) is 21.7. The molecule has 106 valence electrons. The summed E-state index contributed by atoms with van der Waals surface area (Å²) in [7, 11) is 0. The van der Waals surface area contributed by atoms with E-state index in [0.29, 0.717) is 6.04 Å². The Labute approximate surface area is 118 Å². The Hall–Kier alpha value is -0.860. The molecule has 2 unspecified atom stereocenters. The van der Waals surface area contributed by atoms with Crippen molar-refractivity contribution in [1.82, 2.24) is 10.2 Å². The lowest BCUT2D eigenvalue weighted by atomic mass is 10.1. The van der Waals surface area contributed by atoms with E-state index in [2.05, 4.69) is 54.4 Å². The van der Waals surface area contributed by atoms with E-state index in [1.807, 2.05) is 0 Å². The molecule has 0 bridgehead atoms. The number of hydrogen-bond donors (Lipinski definition) is 1. The minimum atomic E-state index is 0.697. The first-order valence-electron chi connectivity index (χ1n) is 7.77. The number of benzene rings is 1. The largest absolute Gasteiger partial charge is 0.312 e. The van der Waals surface area contributed by atoms with Gasteiger partial charge in [0.25, 0.3) is 0 Å². The van der Waals surface area contributed by atoms with Crippen molar-refractivity contribution in [1.29, 1.82) is 0 Å². The Morgan fingerprint density at radius 2 is 2.11 bits per heavy atom. The molecule has 2 rings (SSSR count). The zero-order valence-corrected chi connectivity index (χ0v) is 12.4. The number of likely N-dealkylation sites (tertiary alicyclic amines) is 1. The lowest BCUT2D eigenvalue weighted by Gasteiger charge is -2.18. The summed E-state index contributed by atoms with van der Waals surface area (Å²) in [6.07, 6.45) is 3.94. The van der Waals surface area contributed by atoms with Crippen LogP contribution in [0, 0.1) is 5.92 Å². The lowest BCUT2D eigenvalue weighted by molar-refractivity contribution is 0.316. The second kappa shape index (κ2) is 7.66. The molecule has 1 fully saturated rings. The van der Waals surface area contributed by atoms with Crippen LogP contribution in [0.4, 0.5) is 0 Å². The monoisotopic (exact) mass is 260 g/mol. The molecule has 1 aliphatic heterocycles. The van der Waals surface area contributed by atoms with Crippen LogP contribution < -0.4 is 5.32 Å². The van der Waals surface area contributed by atoms with E-state index in [9.17, 15) is 0 Å². The molecule has 1 saturated heterocycles. The van der Waals surface area contributed by atoms with Gasteiger partial charge in [0.2, 0.25) is 0 Å². The van der Waals surface area contributed by atoms with E-state index >= 15 is 0 Å². The summed E-state index contributed by atoms with van der Waals surface area (Å²) in [5.41, 5.74) is 1.43. The maximum absolute atomic E-state index is 3.74. The van der Waals surface area contributed by atoms with Gasteiger partial charge >= 0.3 is 0 Å². The van der Waals surface area contributed by atoms with Crippen LogP contribution in [0.2, 0.25) is 0 Å². The Morgan fingerprint density at radius 3 is 2.84 bits per heavy atom. The standard InChI is InChI=1S/C17H28N2/c1-3-7-15(2)12-18-17-10-11-19(14-17)13-16-8-5-4-6-9-16/h4-6,8-9,15,17-18H,3,7,10-14H2,1-2H3. The molecule has 1 aromatic rings. The highest BCUT2D eigenvalue weighted by molar-refractivity contribution is 5.14. The van der Waals surface area contributed by atoms with Crippen LogP contribution in [0.25, 0.3) is 0 Å². The Balaban J connectivity index is 1.68. The SMILES string of the molecule is CCCC(C)CNC1CCN(Cc2ccccc2)C1. The zero-order valence-electron chi connectivity index (χ0n) is 12.4. The topological polar surface area (TPSA) is 15.3 Å². The third-order valence-corrected chi connectivity index (χ3v) is 4.06. The molecule has 2 nitrogen and oxygen atoms in total. The van der Waals surface area contributed by atoms with Crippen LogP contribution in [-0.2, 0) is 6.54 Å². The highest BCUT2D eigenvalue weighted by atomic mass is 15.2. The van der Waals surface area contributed by atoms with Gasteiger partial charge in [0.05, 0.1) is 0 Å². The molecule has 1 aliphatic rings. The summed E-state index contributed by atoms with van der Waals surface area (Å²) in [4.78, 5) is 2.57. The van der Waals surface area contributed by atoms with Crippen LogP contribution in [0.1, 0.15) is 38.7 Å². The van der Waals surface area contributed by atoms with E-state index in [1.165, 1.54) is 44.5 Å². The molecule has 2 heteroatoms. The highest BCUT2D eigenvalue weighted by Crippen LogP contribution is 2.14. The van der Waals surface area contributed by atoms with E-state index < -0.39 is 0 Å². The second-order valence-corrected chi connectivity index (χ2v) is 6.01. The van der Waals surface area contributed by atoms with Crippen molar-refractivity contribution < 1.29 is 0 Å². The summed E-state index contributed by atoms with van der Waals surface area (Å²) in [6.45, 7) is 9.34. The molecule has 0 spiro atoms. The van der Waals surface area contributed by atoms with Gasteiger partial charge in [-0.15, -0.1) is 0 Å². The minimum Gasteiger partial charge on any atom is -0.312 e. The van der Waals surface area contributed by atoms with E-state index in [1.54, 1.807) is 0 Å². The average Bonchev–Trinajstić information content (AvgIpc) is 2.86. The molecule has 0 saturated carbocycles. The van der Waals surface area contributed by atoms with Gasteiger partial charge in [0.1, 0.15) is 0 Å². The van der Waals surface area contributed by atoms with Crippen LogP contribution in [0.3, 0.4) is 0 Å². The number of hydrogen-bond acceptors (Lipinski definition) is 2. The van der Waals surface area contributed by atoms with Crippen molar-refractivity contribution >= 4 is 0 Å². The van der Waals surface area contributed by atoms with E-state index in [-0.39, 0.29) is 0 Å². The predicted octanol–water partition coefficient (Wildman–Crippen LogP) is 3.29. The Bertz CT molecular complexity index is 350. The fraction of sp³-hybridized carbons (Fsp3) is 0.647. The van der Waals surface area contributed by atoms with Crippen molar-refractivity contribution in [2.24, 2.45) is 5.92 Å². The zero-order chi connectivity index (χ0) is 13.5. The molecule has 1 heterocycles. The van der Waals surface area contributed by atoms with Crippen LogP contribution >= 0.6 is 0 Å². The predicted molar refractivity (Wildman–Crippen MR) is 82.2 cm³/mol. The van der Waals surface area contributed by atoms with Gasteiger partial charge in [-0.05, 0) is 30.9 Å². The molecule has 0 amide bonds.